The fourth-order valence-electron chi connectivity index (χ4n) is 3.14. The average molecular weight is 408 g/mol. The highest BCUT2D eigenvalue weighted by molar-refractivity contribution is 6.35. The molecule has 3 rings (SSSR count). The van der Waals surface area contributed by atoms with Crippen LogP contribution in [0, 0.1) is 17.0 Å². The van der Waals surface area contributed by atoms with E-state index in [9.17, 15) is 14.9 Å². The van der Waals surface area contributed by atoms with Crippen LogP contribution >= 0.6 is 23.2 Å². The number of aryl methyl sites for hydroxylation is 1. The Bertz CT molecular complexity index is 860. The van der Waals surface area contributed by atoms with Gasteiger partial charge >= 0.3 is 0 Å². The van der Waals surface area contributed by atoms with Crippen molar-refractivity contribution >= 4 is 34.8 Å². The number of nitrogens with zero attached hydrogens (tertiary/aromatic N) is 3. The lowest BCUT2D eigenvalue weighted by Gasteiger charge is -2.35. The fourth-order valence-corrected chi connectivity index (χ4v) is 3.65. The number of nitro groups is 1. The molecule has 1 aliphatic heterocycles. The first-order valence-corrected chi connectivity index (χ1v) is 9.32. The van der Waals surface area contributed by atoms with Gasteiger partial charge in [0.2, 0.25) is 0 Å². The summed E-state index contributed by atoms with van der Waals surface area (Å²) in [5.74, 6) is -0.187. The highest BCUT2D eigenvalue weighted by Gasteiger charge is 2.24. The predicted octanol–water partition coefficient (Wildman–Crippen LogP) is 4.17. The van der Waals surface area contributed by atoms with Gasteiger partial charge < -0.3 is 4.90 Å². The molecule has 0 atom stereocenters. The lowest BCUT2D eigenvalue weighted by Crippen LogP contribution is -2.48. The first kappa shape index (κ1) is 19.6. The van der Waals surface area contributed by atoms with Gasteiger partial charge in [0.1, 0.15) is 0 Å². The van der Waals surface area contributed by atoms with Crippen molar-refractivity contribution in [2.24, 2.45) is 0 Å². The van der Waals surface area contributed by atoms with Gasteiger partial charge in [-0.3, -0.25) is 19.8 Å². The Kier molecular flexibility index (Phi) is 5.99. The van der Waals surface area contributed by atoms with E-state index < -0.39 is 4.92 Å². The molecule has 2 aromatic carbocycles. The third kappa shape index (κ3) is 4.40. The second kappa shape index (κ2) is 8.25. The zero-order chi connectivity index (χ0) is 19.6. The standard InChI is InChI=1S/C19H19Cl2N3O3/c1-13-5-6-14(11-18(13)24(26)27)19(25)23-9-7-22(8-10-23)12-15-16(20)3-2-4-17(15)21/h2-6,11H,7-10,12H2,1H3. The van der Waals surface area contributed by atoms with Crippen LogP contribution < -0.4 is 0 Å². The number of carbonyl (C=O) groups is 1. The number of piperazine rings is 1. The van der Waals surface area contributed by atoms with Gasteiger partial charge in [0, 0.05) is 65.5 Å². The number of benzene rings is 2. The van der Waals surface area contributed by atoms with E-state index in [2.05, 4.69) is 4.90 Å². The van der Waals surface area contributed by atoms with E-state index in [0.29, 0.717) is 53.9 Å². The number of amides is 1. The lowest BCUT2D eigenvalue weighted by molar-refractivity contribution is -0.385. The Morgan fingerprint density at radius 2 is 1.74 bits per heavy atom. The molecule has 0 saturated carbocycles. The second-order valence-electron chi connectivity index (χ2n) is 6.53. The smallest absolute Gasteiger partial charge is 0.273 e. The van der Waals surface area contributed by atoms with Gasteiger partial charge in [0.05, 0.1) is 4.92 Å². The molecule has 1 saturated heterocycles. The van der Waals surface area contributed by atoms with Crippen LogP contribution in [0.1, 0.15) is 21.5 Å². The normalized spacial score (nSPS) is 15.0. The average Bonchev–Trinajstić information content (AvgIpc) is 2.65. The molecule has 0 spiro atoms. The number of hydrogen-bond acceptors (Lipinski definition) is 4. The monoisotopic (exact) mass is 407 g/mol. The van der Waals surface area contributed by atoms with Crippen molar-refractivity contribution < 1.29 is 9.72 Å². The summed E-state index contributed by atoms with van der Waals surface area (Å²) in [4.78, 5) is 27.2. The summed E-state index contributed by atoms with van der Waals surface area (Å²) < 4.78 is 0. The maximum atomic E-state index is 12.7. The highest BCUT2D eigenvalue weighted by atomic mass is 35.5. The van der Waals surface area contributed by atoms with Crippen LogP contribution in [-0.4, -0.2) is 46.8 Å². The SMILES string of the molecule is Cc1ccc(C(=O)N2CCN(Cc3c(Cl)cccc3Cl)CC2)cc1[N+](=O)[O-]. The fraction of sp³-hybridized carbons (Fsp3) is 0.316. The van der Waals surface area contributed by atoms with E-state index >= 15 is 0 Å². The summed E-state index contributed by atoms with van der Waals surface area (Å²) in [5, 5.41) is 12.4. The summed E-state index contributed by atoms with van der Waals surface area (Å²) in [6, 6.07) is 10.0. The predicted molar refractivity (Wildman–Crippen MR) is 105 cm³/mol. The van der Waals surface area contributed by atoms with Crippen molar-refractivity contribution in [3.05, 3.63) is 73.2 Å². The molecular weight excluding hydrogens is 389 g/mol. The molecule has 0 radical (unpaired) electrons. The Labute approximate surface area is 167 Å². The Balaban J connectivity index is 1.65. The summed E-state index contributed by atoms with van der Waals surface area (Å²) in [6.07, 6.45) is 0. The molecule has 2 aromatic rings. The van der Waals surface area contributed by atoms with Gasteiger partial charge in [0.25, 0.3) is 11.6 Å². The summed E-state index contributed by atoms with van der Waals surface area (Å²) in [7, 11) is 0. The zero-order valence-corrected chi connectivity index (χ0v) is 16.3. The first-order chi connectivity index (χ1) is 12.9. The minimum Gasteiger partial charge on any atom is -0.336 e. The highest BCUT2D eigenvalue weighted by Crippen LogP contribution is 2.26. The Morgan fingerprint density at radius 3 is 2.33 bits per heavy atom. The number of nitro benzene ring substituents is 1. The maximum Gasteiger partial charge on any atom is 0.273 e. The summed E-state index contributed by atoms with van der Waals surface area (Å²) in [6.45, 7) is 4.73. The van der Waals surface area contributed by atoms with Gasteiger partial charge in [0.15, 0.2) is 0 Å². The second-order valence-corrected chi connectivity index (χ2v) is 7.34. The molecule has 0 N–H and O–H groups in total. The van der Waals surface area contributed by atoms with Crippen LogP contribution in [0.25, 0.3) is 0 Å². The molecule has 27 heavy (non-hydrogen) atoms. The molecule has 6 nitrogen and oxygen atoms in total. The summed E-state index contributed by atoms with van der Waals surface area (Å²) in [5.41, 5.74) is 1.73. The Morgan fingerprint density at radius 1 is 1.11 bits per heavy atom. The molecule has 0 bridgehead atoms. The van der Waals surface area contributed by atoms with Crippen molar-refractivity contribution in [3.63, 3.8) is 0 Å². The third-order valence-corrected chi connectivity index (χ3v) is 5.46. The molecule has 1 amide bonds. The van der Waals surface area contributed by atoms with Crippen molar-refractivity contribution in [3.8, 4) is 0 Å². The van der Waals surface area contributed by atoms with Crippen LogP contribution in [-0.2, 0) is 6.54 Å². The molecule has 0 aliphatic carbocycles. The number of carbonyl (C=O) groups excluding carboxylic acids is 1. The maximum absolute atomic E-state index is 12.7. The van der Waals surface area contributed by atoms with Crippen molar-refractivity contribution in [2.75, 3.05) is 26.2 Å². The Hall–Kier alpha value is -2.15. The van der Waals surface area contributed by atoms with Crippen molar-refractivity contribution in [1.82, 2.24) is 9.80 Å². The van der Waals surface area contributed by atoms with Gasteiger partial charge in [-0.2, -0.15) is 0 Å². The van der Waals surface area contributed by atoms with Crippen molar-refractivity contribution in [1.29, 1.82) is 0 Å². The van der Waals surface area contributed by atoms with Gasteiger partial charge in [-0.1, -0.05) is 35.3 Å². The molecule has 1 fully saturated rings. The van der Waals surface area contributed by atoms with Crippen LogP contribution in [0.2, 0.25) is 10.0 Å². The zero-order valence-electron chi connectivity index (χ0n) is 14.8. The number of halogens is 2. The van der Waals surface area contributed by atoms with Crippen LogP contribution in [0.4, 0.5) is 5.69 Å². The quantitative estimate of drug-likeness (QED) is 0.563. The minimum absolute atomic E-state index is 0.0344. The molecule has 8 heteroatoms. The van der Waals surface area contributed by atoms with Gasteiger partial charge in [-0.05, 0) is 25.1 Å². The molecule has 1 aliphatic rings. The topological polar surface area (TPSA) is 66.7 Å². The van der Waals surface area contributed by atoms with Gasteiger partial charge in [-0.15, -0.1) is 0 Å². The molecular formula is C19H19Cl2N3O3. The van der Waals surface area contributed by atoms with Gasteiger partial charge in [-0.25, -0.2) is 0 Å². The molecule has 1 heterocycles. The van der Waals surface area contributed by atoms with E-state index in [4.69, 9.17) is 23.2 Å². The molecule has 0 aromatic heterocycles. The number of rotatable bonds is 4. The van der Waals surface area contributed by atoms with Crippen LogP contribution in [0.15, 0.2) is 36.4 Å². The first-order valence-electron chi connectivity index (χ1n) is 8.56. The van der Waals surface area contributed by atoms with E-state index in [-0.39, 0.29) is 11.6 Å². The van der Waals surface area contributed by atoms with Crippen LogP contribution in [0.5, 0.6) is 0 Å². The molecule has 0 unspecified atom stereocenters. The van der Waals surface area contributed by atoms with E-state index in [1.807, 2.05) is 18.2 Å². The molecule has 142 valence electrons. The number of hydrogen-bond donors (Lipinski definition) is 0. The van der Waals surface area contributed by atoms with E-state index in [1.54, 1.807) is 24.0 Å². The van der Waals surface area contributed by atoms with Crippen LogP contribution in [0.3, 0.4) is 0 Å². The lowest BCUT2D eigenvalue weighted by atomic mass is 10.1. The van der Waals surface area contributed by atoms with E-state index in [1.165, 1.54) is 6.07 Å². The van der Waals surface area contributed by atoms with E-state index in [0.717, 1.165) is 5.56 Å². The minimum atomic E-state index is -0.461. The third-order valence-electron chi connectivity index (χ3n) is 4.76. The largest absolute Gasteiger partial charge is 0.336 e. The summed E-state index contributed by atoms with van der Waals surface area (Å²) >= 11 is 12.5. The van der Waals surface area contributed by atoms with Crippen molar-refractivity contribution in [2.45, 2.75) is 13.5 Å².